The van der Waals surface area contributed by atoms with Gasteiger partial charge in [0.1, 0.15) is 0 Å². The fourth-order valence-corrected chi connectivity index (χ4v) is 3.65. The lowest BCUT2D eigenvalue weighted by molar-refractivity contribution is 0.0167. The Morgan fingerprint density at radius 2 is 1.74 bits per heavy atom. The van der Waals surface area contributed by atoms with Gasteiger partial charge < -0.3 is 5.32 Å². The molecular weight excluding hydrogens is 340 g/mol. The Hall–Kier alpha value is -2.26. The molecule has 0 amide bonds. The molecule has 3 rings (SSSR count). The van der Waals surface area contributed by atoms with E-state index in [9.17, 15) is 8.78 Å². The first-order valence-electron chi connectivity index (χ1n) is 9.55. The molecule has 0 unspecified atom stereocenters. The van der Waals surface area contributed by atoms with Crippen molar-refractivity contribution in [1.29, 1.82) is 0 Å². The van der Waals surface area contributed by atoms with E-state index in [1.807, 2.05) is 6.07 Å². The van der Waals surface area contributed by atoms with E-state index in [0.717, 1.165) is 31.9 Å². The largest absolute Gasteiger partial charge is 0.310 e. The number of aryl methyl sites for hydroxylation is 2. The number of halogens is 2. The first kappa shape index (κ1) is 19.5. The van der Waals surface area contributed by atoms with Crippen LogP contribution in [0.1, 0.15) is 48.6 Å². The van der Waals surface area contributed by atoms with Crippen molar-refractivity contribution >= 4 is 10.8 Å². The van der Waals surface area contributed by atoms with Gasteiger partial charge in [0.05, 0.1) is 0 Å². The van der Waals surface area contributed by atoms with Crippen LogP contribution in [0, 0.1) is 6.92 Å². The number of alkyl halides is 2. The third kappa shape index (κ3) is 4.72. The molecule has 0 bridgehead atoms. The van der Waals surface area contributed by atoms with Gasteiger partial charge in [0.2, 0.25) is 0 Å². The summed E-state index contributed by atoms with van der Waals surface area (Å²) in [5.41, 5.74) is 3.04. The summed E-state index contributed by atoms with van der Waals surface area (Å²) in [5, 5.41) is 6.09. The molecular formula is C24H27F2N. The van der Waals surface area contributed by atoms with Crippen LogP contribution >= 0.6 is 0 Å². The first-order chi connectivity index (χ1) is 12.9. The fraction of sp³-hybridized carbons (Fsp3) is 0.333. The predicted molar refractivity (Wildman–Crippen MR) is 109 cm³/mol. The molecule has 0 saturated heterocycles. The maximum atomic E-state index is 13.7. The molecule has 0 aliphatic rings. The van der Waals surface area contributed by atoms with Gasteiger partial charge in [-0.05, 0) is 66.8 Å². The highest BCUT2D eigenvalue weighted by Gasteiger charge is 2.26. The molecule has 142 valence electrons. The van der Waals surface area contributed by atoms with Gasteiger partial charge in [-0.3, -0.25) is 0 Å². The van der Waals surface area contributed by atoms with Crippen LogP contribution in [0.3, 0.4) is 0 Å². The number of benzene rings is 3. The highest BCUT2D eigenvalue weighted by atomic mass is 19.3. The molecule has 0 fully saturated rings. The van der Waals surface area contributed by atoms with Crippen LogP contribution < -0.4 is 5.32 Å². The van der Waals surface area contributed by atoms with E-state index in [2.05, 4.69) is 54.7 Å². The predicted octanol–water partition coefficient (Wildman–Crippen LogP) is 6.54. The number of hydrogen-bond acceptors (Lipinski definition) is 1. The van der Waals surface area contributed by atoms with Crippen LogP contribution in [0.15, 0.2) is 60.7 Å². The lowest BCUT2D eigenvalue weighted by Crippen LogP contribution is -2.20. The molecule has 0 radical (unpaired) electrons. The quantitative estimate of drug-likeness (QED) is 0.467. The SMILES string of the molecule is Cc1ccc(CCCN[C@H](C)c2cccc3ccccc23)cc1C(C)(F)F. The van der Waals surface area contributed by atoms with Crippen molar-refractivity contribution in [3.8, 4) is 0 Å². The normalized spacial score (nSPS) is 13.1. The molecule has 3 heteroatoms. The van der Waals surface area contributed by atoms with Crippen molar-refractivity contribution in [1.82, 2.24) is 5.32 Å². The zero-order chi connectivity index (χ0) is 19.4. The monoisotopic (exact) mass is 367 g/mol. The second-order valence-electron chi connectivity index (χ2n) is 7.39. The van der Waals surface area contributed by atoms with Gasteiger partial charge in [-0.2, -0.15) is 0 Å². The molecule has 1 nitrogen and oxygen atoms in total. The summed E-state index contributed by atoms with van der Waals surface area (Å²) in [6.07, 6.45) is 1.70. The first-order valence-corrected chi connectivity index (χ1v) is 9.55. The zero-order valence-corrected chi connectivity index (χ0v) is 16.2. The number of nitrogens with one attached hydrogen (secondary N) is 1. The Morgan fingerprint density at radius 1 is 1.00 bits per heavy atom. The van der Waals surface area contributed by atoms with Crippen LogP contribution in [0.5, 0.6) is 0 Å². The van der Waals surface area contributed by atoms with E-state index < -0.39 is 5.92 Å². The summed E-state index contributed by atoms with van der Waals surface area (Å²) in [4.78, 5) is 0. The van der Waals surface area contributed by atoms with Gasteiger partial charge in [0.15, 0.2) is 0 Å². The summed E-state index contributed by atoms with van der Waals surface area (Å²) in [6, 6.07) is 20.4. The maximum Gasteiger partial charge on any atom is 0.270 e. The molecule has 0 aliphatic carbocycles. The van der Waals surface area contributed by atoms with Crippen LogP contribution in [0.2, 0.25) is 0 Å². The minimum atomic E-state index is -2.79. The van der Waals surface area contributed by atoms with E-state index in [1.165, 1.54) is 16.3 Å². The van der Waals surface area contributed by atoms with E-state index in [4.69, 9.17) is 0 Å². The number of rotatable bonds is 7. The molecule has 1 N–H and O–H groups in total. The second kappa shape index (κ2) is 8.18. The zero-order valence-electron chi connectivity index (χ0n) is 16.2. The molecule has 0 saturated carbocycles. The molecule has 27 heavy (non-hydrogen) atoms. The average molecular weight is 367 g/mol. The Bertz CT molecular complexity index is 906. The average Bonchev–Trinajstić information content (AvgIpc) is 2.65. The smallest absolute Gasteiger partial charge is 0.270 e. The summed E-state index contributed by atoms with van der Waals surface area (Å²) < 4.78 is 27.4. The van der Waals surface area contributed by atoms with Crippen molar-refractivity contribution in [2.24, 2.45) is 0 Å². The Morgan fingerprint density at radius 3 is 2.52 bits per heavy atom. The van der Waals surface area contributed by atoms with Crippen LogP contribution in [-0.4, -0.2) is 6.54 Å². The van der Waals surface area contributed by atoms with Gasteiger partial charge in [0, 0.05) is 18.5 Å². The van der Waals surface area contributed by atoms with Crippen molar-refractivity contribution in [3.05, 3.63) is 82.9 Å². The molecule has 0 spiro atoms. The topological polar surface area (TPSA) is 12.0 Å². The second-order valence-corrected chi connectivity index (χ2v) is 7.39. The van der Waals surface area contributed by atoms with Crippen LogP contribution in [0.4, 0.5) is 8.78 Å². The summed E-state index contributed by atoms with van der Waals surface area (Å²) in [6.45, 7) is 5.72. The van der Waals surface area contributed by atoms with Gasteiger partial charge in [-0.1, -0.05) is 54.6 Å². The highest BCUT2D eigenvalue weighted by molar-refractivity contribution is 5.86. The summed E-state index contributed by atoms with van der Waals surface area (Å²) >= 11 is 0. The van der Waals surface area contributed by atoms with Crippen LogP contribution in [-0.2, 0) is 12.3 Å². The van der Waals surface area contributed by atoms with E-state index in [0.29, 0.717) is 5.56 Å². The standard InChI is InChI=1S/C24H27F2N/c1-17-13-14-19(16-23(17)24(3,25)26)8-7-15-27-18(2)21-12-6-10-20-9-4-5-11-22(20)21/h4-6,9-14,16,18,27H,7-8,15H2,1-3H3/t18-/m1/s1. The van der Waals surface area contributed by atoms with Crippen LogP contribution in [0.25, 0.3) is 10.8 Å². The Balaban J connectivity index is 1.59. The minimum Gasteiger partial charge on any atom is -0.310 e. The lowest BCUT2D eigenvalue weighted by Gasteiger charge is -2.17. The lowest BCUT2D eigenvalue weighted by atomic mass is 9.98. The highest BCUT2D eigenvalue weighted by Crippen LogP contribution is 2.30. The molecule has 3 aromatic carbocycles. The van der Waals surface area contributed by atoms with Crippen molar-refractivity contribution in [3.63, 3.8) is 0 Å². The van der Waals surface area contributed by atoms with Gasteiger partial charge in [-0.15, -0.1) is 0 Å². The molecule has 3 aromatic rings. The summed E-state index contributed by atoms with van der Waals surface area (Å²) in [5.74, 6) is -2.79. The van der Waals surface area contributed by atoms with Crippen molar-refractivity contribution in [2.75, 3.05) is 6.54 Å². The van der Waals surface area contributed by atoms with Gasteiger partial charge >= 0.3 is 0 Å². The Kier molecular flexibility index (Phi) is 5.91. The van der Waals surface area contributed by atoms with Crippen molar-refractivity contribution in [2.45, 2.75) is 45.6 Å². The molecule has 0 aliphatic heterocycles. The number of hydrogen-bond donors (Lipinski definition) is 1. The maximum absolute atomic E-state index is 13.7. The van der Waals surface area contributed by atoms with Gasteiger partial charge in [-0.25, -0.2) is 8.78 Å². The minimum absolute atomic E-state index is 0.136. The fourth-order valence-electron chi connectivity index (χ4n) is 3.65. The molecule has 0 heterocycles. The third-order valence-electron chi connectivity index (χ3n) is 5.16. The van der Waals surface area contributed by atoms with E-state index in [1.54, 1.807) is 19.1 Å². The molecule has 1 atom stereocenters. The van der Waals surface area contributed by atoms with E-state index in [-0.39, 0.29) is 11.6 Å². The van der Waals surface area contributed by atoms with Crippen molar-refractivity contribution < 1.29 is 8.78 Å². The van der Waals surface area contributed by atoms with E-state index >= 15 is 0 Å². The summed E-state index contributed by atoms with van der Waals surface area (Å²) in [7, 11) is 0. The third-order valence-corrected chi connectivity index (χ3v) is 5.16. The van der Waals surface area contributed by atoms with Gasteiger partial charge in [0.25, 0.3) is 5.92 Å². The molecule has 0 aromatic heterocycles. The number of fused-ring (bicyclic) bond motifs is 1. The Labute approximate surface area is 160 Å².